The lowest BCUT2D eigenvalue weighted by atomic mass is 10.3. The zero-order valence-electron chi connectivity index (χ0n) is 10.5. The number of aromatic nitrogens is 1. The third-order valence-electron chi connectivity index (χ3n) is 2.57. The minimum absolute atomic E-state index is 0.171. The molecule has 3 N–H and O–H groups in total. The molecule has 0 aliphatic heterocycles. The van der Waals surface area contributed by atoms with Crippen molar-refractivity contribution in [3.05, 3.63) is 45.9 Å². The molecule has 0 radical (unpaired) electrons. The summed E-state index contributed by atoms with van der Waals surface area (Å²) in [7, 11) is -3.53. The van der Waals surface area contributed by atoms with Crippen LogP contribution in [0.4, 0.5) is 0 Å². The van der Waals surface area contributed by atoms with Gasteiger partial charge < -0.3 is 5.73 Å². The average Bonchev–Trinajstić information content (AvgIpc) is 2.86. The van der Waals surface area contributed by atoms with Crippen molar-refractivity contribution in [1.82, 2.24) is 9.71 Å². The zero-order valence-corrected chi connectivity index (χ0v) is 12.1. The molecule has 0 saturated heterocycles. The molecule has 0 aliphatic rings. The highest BCUT2D eigenvalue weighted by Crippen LogP contribution is 2.21. The van der Waals surface area contributed by atoms with Crippen molar-refractivity contribution in [3.8, 4) is 0 Å². The lowest BCUT2D eigenvalue weighted by Gasteiger charge is -2.07. The Bertz CT molecular complexity index is 665. The summed E-state index contributed by atoms with van der Waals surface area (Å²) < 4.78 is 26.8. The summed E-state index contributed by atoms with van der Waals surface area (Å²) in [6.45, 7) is 2.25. The number of nitrogens with zero attached hydrogens (tertiary/aromatic N) is 1. The summed E-state index contributed by atoms with van der Waals surface area (Å²) in [5.74, 6) is 0. The van der Waals surface area contributed by atoms with Crippen LogP contribution in [0.5, 0.6) is 0 Å². The minimum Gasteiger partial charge on any atom is -0.326 e. The third kappa shape index (κ3) is 3.38. The van der Waals surface area contributed by atoms with Gasteiger partial charge in [0.15, 0.2) is 0 Å². The standard InChI is InChI=1S/C12H15N3O2S2/c1-9-3-2-4-10(15-9)8-14-19(16,17)12-5-6-18-11(12)7-13/h2-6,14H,7-8,13H2,1H3. The molecule has 2 aromatic heterocycles. The molecular formula is C12H15N3O2S2. The van der Waals surface area contributed by atoms with Gasteiger partial charge in [-0.15, -0.1) is 11.3 Å². The molecule has 2 heterocycles. The SMILES string of the molecule is Cc1cccc(CNS(=O)(=O)c2ccsc2CN)n1. The minimum atomic E-state index is -3.53. The smallest absolute Gasteiger partial charge is 0.242 e. The summed E-state index contributed by atoms with van der Waals surface area (Å²) in [4.78, 5) is 5.17. The van der Waals surface area contributed by atoms with Gasteiger partial charge in [-0.1, -0.05) is 6.07 Å². The molecule has 0 atom stereocenters. The van der Waals surface area contributed by atoms with Gasteiger partial charge >= 0.3 is 0 Å². The van der Waals surface area contributed by atoms with Crippen LogP contribution >= 0.6 is 11.3 Å². The summed E-state index contributed by atoms with van der Waals surface area (Å²) in [6.07, 6.45) is 0. The molecule has 0 fully saturated rings. The molecule has 2 aromatic rings. The van der Waals surface area contributed by atoms with E-state index in [4.69, 9.17) is 5.73 Å². The van der Waals surface area contributed by atoms with E-state index < -0.39 is 10.0 Å². The molecule has 0 aromatic carbocycles. The van der Waals surface area contributed by atoms with Crippen LogP contribution in [-0.4, -0.2) is 13.4 Å². The van der Waals surface area contributed by atoms with Crippen LogP contribution in [0.25, 0.3) is 0 Å². The quantitative estimate of drug-likeness (QED) is 0.873. The molecule has 2 rings (SSSR count). The van der Waals surface area contributed by atoms with Gasteiger partial charge in [-0.25, -0.2) is 13.1 Å². The van der Waals surface area contributed by atoms with E-state index in [2.05, 4.69) is 9.71 Å². The van der Waals surface area contributed by atoms with Crippen molar-refractivity contribution in [1.29, 1.82) is 0 Å². The monoisotopic (exact) mass is 297 g/mol. The maximum absolute atomic E-state index is 12.1. The van der Waals surface area contributed by atoms with E-state index >= 15 is 0 Å². The van der Waals surface area contributed by atoms with Crippen molar-refractivity contribution in [2.24, 2.45) is 5.73 Å². The number of nitrogens with two attached hydrogens (primary N) is 1. The van der Waals surface area contributed by atoms with Crippen molar-refractivity contribution in [2.75, 3.05) is 0 Å². The summed E-state index contributed by atoms with van der Waals surface area (Å²) in [5, 5.41) is 1.72. The van der Waals surface area contributed by atoms with Crippen molar-refractivity contribution in [2.45, 2.75) is 24.9 Å². The average molecular weight is 297 g/mol. The normalized spacial score (nSPS) is 11.7. The molecule has 0 amide bonds. The molecule has 19 heavy (non-hydrogen) atoms. The van der Waals surface area contributed by atoms with Crippen LogP contribution < -0.4 is 10.5 Å². The Morgan fingerprint density at radius 1 is 1.37 bits per heavy atom. The van der Waals surface area contributed by atoms with E-state index in [1.807, 2.05) is 19.1 Å². The summed E-state index contributed by atoms with van der Waals surface area (Å²) >= 11 is 1.34. The second kappa shape index (κ2) is 5.79. The molecular weight excluding hydrogens is 282 g/mol. The maximum atomic E-state index is 12.1. The molecule has 5 nitrogen and oxygen atoms in total. The van der Waals surface area contributed by atoms with E-state index in [9.17, 15) is 8.42 Å². The number of hydrogen-bond donors (Lipinski definition) is 2. The topological polar surface area (TPSA) is 85.1 Å². The van der Waals surface area contributed by atoms with Gasteiger partial charge in [0.1, 0.15) is 0 Å². The molecule has 0 bridgehead atoms. The Morgan fingerprint density at radius 2 is 2.16 bits per heavy atom. The largest absolute Gasteiger partial charge is 0.326 e. The van der Waals surface area contributed by atoms with E-state index in [1.165, 1.54) is 11.3 Å². The molecule has 0 saturated carbocycles. The van der Waals surface area contributed by atoms with Crippen LogP contribution in [0.3, 0.4) is 0 Å². The van der Waals surface area contributed by atoms with Crippen LogP contribution in [-0.2, 0) is 23.1 Å². The first-order chi connectivity index (χ1) is 9.03. The highest BCUT2D eigenvalue weighted by Gasteiger charge is 2.18. The van der Waals surface area contributed by atoms with E-state index in [1.54, 1.807) is 17.5 Å². The molecule has 7 heteroatoms. The first-order valence-corrected chi connectivity index (χ1v) is 8.08. The second-order valence-electron chi connectivity index (χ2n) is 4.01. The maximum Gasteiger partial charge on any atom is 0.242 e. The fourth-order valence-electron chi connectivity index (χ4n) is 1.66. The lowest BCUT2D eigenvalue weighted by molar-refractivity contribution is 0.579. The van der Waals surface area contributed by atoms with Gasteiger partial charge in [-0.3, -0.25) is 4.98 Å². The van der Waals surface area contributed by atoms with E-state index in [0.29, 0.717) is 10.6 Å². The van der Waals surface area contributed by atoms with Crippen LogP contribution in [0.15, 0.2) is 34.5 Å². The van der Waals surface area contributed by atoms with Crippen LogP contribution in [0.1, 0.15) is 16.3 Å². The van der Waals surface area contributed by atoms with Gasteiger partial charge in [-0.05, 0) is 30.5 Å². The number of thiophene rings is 1. The number of nitrogens with one attached hydrogen (secondary N) is 1. The van der Waals surface area contributed by atoms with E-state index in [-0.39, 0.29) is 18.0 Å². The molecule has 102 valence electrons. The van der Waals surface area contributed by atoms with Crippen molar-refractivity contribution < 1.29 is 8.42 Å². The Hall–Kier alpha value is -1.28. The summed E-state index contributed by atoms with van der Waals surface area (Å²) in [5.41, 5.74) is 7.07. The fourth-order valence-corrected chi connectivity index (χ4v) is 3.99. The number of sulfonamides is 1. The van der Waals surface area contributed by atoms with Crippen LogP contribution in [0.2, 0.25) is 0 Å². The molecule has 0 spiro atoms. The fraction of sp³-hybridized carbons (Fsp3) is 0.250. The predicted molar refractivity (Wildman–Crippen MR) is 75.2 cm³/mol. The number of hydrogen-bond acceptors (Lipinski definition) is 5. The summed E-state index contributed by atoms with van der Waals surface area (Å²) in [6, 6.07) is 7.07. The number of pyridine rings is 1. The van der Waals surface area contributed by atoms with Crippen LogP contribution in [0, 0.1) is 6.92 Å². The van der Waals surface area contributed by atoms with Crippen molar-refractivity contribution in [3.63, 3.8) is 0 Å². The highest BCUT2D eigenvalue weighted by atomic mass is 32.2. The van der Waals surface area contributed by atoms with Gasteiger partial charge in [-0.2, -0.15) is 0 Å². The zero-order chi connectivity index (χ0) is 13.9. The predicted octanol–water partition coefficient (Wildman–Crippen LogP) is 1.39. The third-order valence-corrected chi connectivity index (χ3v) is 5.13. The van der Waals surface area contributed by atoms with E-state index in [0.717, 1.165) is 5.69 Å². The Morgan fingerprint density at radius 3 is 2.84 bits per heavy atom. The second-order valence-corrected chi connectivity index (χ2v) is 6.74. The Kier molecular flexibility index (Phi) is 4.31. The Labute approximate surface area is 116 Å². The Balaban J connectivity index is 2.14. The first kappa shape index (κ1) is 14.1. The molecule has 0 aliphatic carbocycles. The van der Waals surface area contributed by atoms with Gasteiger partial charge in [0.2, 0.25) is 10.0 Å². The van der Waals surface area contributed by atoms with Gasteiger partial charge in [0, 0.05) is 17.1 Å². The van der Waals surface area contributed by atoms with Crippen molar-refractivity contribution >= 4 is 21.4 Å². The highest BCUT2D eigenvalue weighted by molar-refractivity contribution is 7.89. The number of aryl methyl sites for hydroxylation is 1. The lowest BCUT2D eigenvalue weighted by Crippen LogP contribution is -2.24. The van der Waals surface area contributed by atoms with Gasteiger partial charge in [0.05, 0.1) is 17.1 Å². The first-order valence-electron chi connectivity index (χ1n) is 5.71. The van der Waals surface area contributed by atoms with Gasteiger partial charge in [0.25, 0.3) is 0 Å². The molecule has 0 unspecified atom stereocenters. The number of rotatable bonds is 5.